The van der Waals surface area contributed by atoms with Gasteiger partial charge in [-0.15, -0.1) is 0 Å². The van der Waals surface area contributed by atoms with E-state index in [1.165, 1.54) is 6.42 Å². The van der Waals surface area contributed by atoms with Gasteiger partial charge in [-0.05, 0) is 31.7 Å². The van der Waals surface area contributed by atoms with Crippen molar-refractivity contribution in [2.24, 2.45) is 5.92 Å². The highest BCUT2D eigenvalue weighted by Gasteiger charge is 2.36. The Morgan fingerprint density at radius 3 is 2.77 bits per heavy atom. The average Bonchev–Trinajstić information content (AvgIpc) is 2.69. The number of nitrogens with zero attached hydrogens (tertiary/aromatic N) is 2. The van der Waals surface area contributed by atoms with Crippen molar-refractivity contribution in [3.05, 3.63) is 18.5 Å². The monoisotopic (exact) mass is 362 g/mol. The summed E-state index contributed by atoms with van der Waals surface area (Å²) in [5.74, 6) is 0.308. The fourth-order valence-corrected chi connectivity index (χ4v) is 3.97. The summed E-state index contributed by atoms with van der Waals surface area (Å²) in [5.41, 5.74) is 1.02. The second-order valence-electron chi connectivity index (χ2n) is 7.48. The molecule has 144 valence electrons. The summed E-state index contributed by atoms with van der Waals surface area (Å²) in [6, 6.07) is 1.52. The minimum absolute atomic E-state index is 0.0578. The molecule has 1 saturated heterocycles. The lowest BCUT2D eigenvalue weighted by atomic mass is 9.76. The topological polar surface area (TPSA) is 86.7 Å². The van der Waals surface area contributed by atoms with Gasteiger partial charge in [-0.1, -0.05) is 19.3 Å². The number of rotatable bonds is 5. The maximum Gasteiger partial charge on any atom is 0.319 e. The molecule has 1 unspecified atom stereocenters. The minimum Gasteiger partial charge on any atom is -0.394 e. The van der Waals surface area contributed by atoms with Crippen LogP contribution in [-0.2, 0) is 4.74 Å². The summed E-state index contributed by atoms with van der Waals surface area (Å²) in [4.78, 5) is 19.0. The summed E-state index contributed by atoms with van der Waals surface area (Å²) >= 11 is 0. The lowest BCUT2D eigenvalue weighted by molar-refractivity contribution is 0.103. The molecule has 7 nitrogen and oxygen atoms in total. The number of amides is 2. The average molecular weight is 362 g/mol. The Labute approximate surface area is 155 Å². The van der Waals surface area contributed by atoms with E-state index in [1.54, 1.807) is 18.5 Å². The molecule has 2 fully saturated rings. The lowest BCUT2D eigenvalue weighted by Gasteiger charge is -2.39. The number of hydrogen-bond acceptors (Lipinski definition) is 5. The quantitative estimate of drug-likeness (QED) is 0.749. The molecular weight excluding hydrogens is 332 g/mol. The molecule has 3 N–H and O–H groups in total. The molecule has 2 amide bonds. The lowest BCUT2D eigenvalue weighted by Crippen LogP contribution is -2.56. The van der Waals surface area contributed by atoms with E-state index in [2.05, 4.69) is 20.5 Å². The van der Waals surface area contributed by atoms with Crippen molar-refractivity contribution in [1.82, 2.24) is 10.3 Å². The van der Waals surface area contributed by atoms with Crippen LogP contribution in [0, 0.1) is 5.92 Å². The van der Waals surface area contributed by atoms with Crippen LogP contribution in [0.3, 0.4) is 0 Å². The maximum absolute atomic E-state index is 12.7. The van der Waals surface area contributed by atoms with E-state index in [4.69, 9.17) is 4.74 Å². The molecular formula is C19H30N4O3. The van der Waals surface area contributed by atoms with E-state index < -0.39 is 5.54 Å². The number of hydrogen-bond donors (Lipinski definition) is 3. The number of anilines is 2. The van der Waals surface area contributed by atoms with Gasteiger partial charge in [0.1, 0.15) is 0 Å². The van der Waals surface area contributed by atoms with E-state index in [0.29, 0.717) is 19.1 Å². The normalized spacial score (nSPS) is 21.1. The predicted molar refractivity (Wildman–Crippen MR) is 101 cm³/mol. The highest BCUT2D eigenvalue weighted by molar-refractivity contribution is 5.93. The minimum atomic E-state index is -0.601. The third-order valence-corrected chi connectivity index (χ3v) is 5.63. The molecule has 3 rings (SSSR count). The van der Waals surface area contributed by atoms with Crippen LogP contribution in [0.1, 0.15) is 39.0 Å². The Hall–Kier alpha value is -1.86. The van der Waals surface area contributed by atoms with Gasteiger partial charge in [0.05, 0.1) is 42.9 Å². The summed E-state index contributed by atoms with van der Waals surface area (Å²) in [6.45, 7) is 4.78. The van der Waals surface area contributed by atoms with Crippen molar-refractivity contribution in [2.75, 3.05) is 43.1 Å². The Morgan fingerprint density at radius 1 is 1.35 bits per heavy atom. The molecule has 0 bridgehead atoms. The van der Waals surface area contributed by atoms with Gasteiger partial charge < -0.3 is 25.4 Å². The number of nitrogens with one attached hydrogen (secondary N) is 2. The van der Waals surface area contributed by atoms with Gasteiger partial charge in [-0.3, -0.25) is 4.98 Å². The number of carbonyl (C=O) groups is 1. The van der Waals surface area contributed by atoms with Gasteiger partial charge in [-0.25, -0.2) is 4.79 Å². The molecule has 0 aromatic carbocycles. The van der Waals surface area contributed by atoms with Crippen molar-refractivity contribution >= 4 is 17.4 Å². The molecule has 1 aliphatic heterocycles. The van der Waals surface area contributed by atoms with Crippen LogP contribution >= 0.6 is 0 Å². The summed E-state index contributed by atoms with van der Waals surface area (Å²) < 4.78 is 5.40. The first kappa shape index (κ1) is 18.9. The zero-order chi connectivity index (χ0) is 18.4. The van der Waals surface area contributed by atoms with E-state index in [-0.39, 0.29) is 12.6 Å². The second kappa shape index (κ2) is 8.68. The number of urea groups is 1. The molecule has 26 heavy (non-hydrogen) atoms. The third kappa shape index (κ3) is 4.45. The van der Waals surface area contributed by atoms with Crippen LogP contribution in [0.25, 0.3) is 0 Å². The van der Waals surface area contributed by atoms with Gasteiger partial charge in [0, 0.05) is 19.3 Å². The van der Waals surface area contributed by atoms with Gasteiger partial charge in [0.2, 0.25) is 0 Å². The number of aliphatic hydroxyl groups is 1. The number of aromatic nitrogens is 1. The number of morpholine rings is 1. The molecule has 1 atom stereocenters. The zero-order valence-electron chi connectivity index (χ0n) is 15.5. The van der Waals surface area contributed by atoms with Crippen LogP contribution in [0.2, 0.25) is 0 Å². The molecule has 2 heterocycles. The molecule has 1 saturated carbocycles. The van der Waals surface area contributed by atoms with Crippen molar-refractivity contribution in [3.63, 3.8) is 0 Å². The molecule has 0 radical (unpaired) electrons. The van der Waals surface area contributed by atoms with E-state index in [9.17, 15) is 9.90 Å². The smallest absolute Gasteiger partial charge is 0.319 e. The van der Waals surface area contributed by atoms with Gasteiger partial charge in [-0.2, -0.15) is 0 Å². The number of pyridine rings is 1. The number of aliphatic hydroxyl groups excluding tert-OH is 1. The molecule has 2 aliphatic rings. The van der Waals surface area contributed by atoms with Crippen LogP contribution < -0.4 is 15.5 Å². The highest BCUT2D eigenvalue weighted by Crippen LogP contribution is 2.33. The predicted octanol–water partition coefficient (Wildman–Crippen LogP) is 2.37. The van der Waals surface area contributed by atoms with E-state index in [1.807, 2.05) is 6.92 Å². The molecule has 1 aromatic rings. The van der Waals surface area contributed by atoms with Gasteiger partial charge in [0.15, 0.2) is 0 Å². The van der Waals surface area contributed by atoms with Crippen molar-refractivity contribution < 1.29 is 14.6 Å². The summed E-state index contributed by atoms with van der Waals surface area (Å²) in [7, 11) is 0. The van der Waals surface area contributed by atoms with E-state index in [0.717, 1.165) is 50.1 Å². The fraction of sp³-hybridized carbons (Fsp3) is 0.684. The van der Waals surface area contributed by atoms with E-state index >= 15 is 0 Å². The van der Waals surface area contributed by atoms with Crippen LogP contribution in [0.4, 0.5) is 16.2 Å². The first-order valence-corrected chi connectivity index (χ1v) is 9.59. The highest BCUT2D eigenvalue weighted by atomic mass is 16.5. The second-order valence-corrected chi connectivity index (χ2v) is 7.48. The molecule has 7 heteroatoms. The number of ether oxygens (including phenoxy) is 1. The van der Waals surface area contributed by atoms with Crippen LogP contribution in [0.15, 0.2) is 18.5 Å². The SMILES string of the molecule is CC(CO)(NC(=O)Nc1ccncc1N1CCOCC1)C1CCCCC1. The van der Waals surface area contributed by atoms with Gasteiger partial charge in [0.25, 0.3) is 0 Å². The van der Waals surface area contributed by atoms with Crippen molar-refractivity contribution in [1.29, 1.82) is 0 Å². The van der Waals surface area contributed by atoms with Crippen molar-refractivity contribution in [2.45, 2.75) is 44.6 Å². The molecule has 1 aliphatic carbocycles. The first-order chi connectivity index (χ1) is 12.6. The number of carbonyl (C=O) groups excluding carboxylic acids is 1. The van der Waals surface area contributed by atoms with Crippen LogP contribution in [-0.4, -0.2) is 54.6 Å². The zero-order valence-corrected chi connectivity index (χ0v) is 15.5. The maximum atomic E-state index is 12.7. The largest absolute Gasteiger partial charge is 0.394 e. The van der Waals surface area contributed by atoms with Crippen LogP contribution in [0.5, 0.6) is 0 Å². The Balaban J connectivity index is 1.67. The fourth-order valence-electron chi connectivity index (χ4n) is 3.97. The summed E-state index contributed by atoms with van der Waals surface area (Å²) in [5, 5.41) is 15.9. The Morgan fingerprint density at radius 2 is 2.08 bits per heavy atom. The Bertz CT molecular complexity index is 600. The Kier molecular flexibility index (Phi) is 6.32. The standard InChI is InChI=1S/C19H30N4O3/c1-19(14-24,15-5-3-2-4-6-15)22-18(25)21-16-7-8-20-13-17(16)23-9-11-26-12-10-23/h7-8,13,15,24H,2-6,9-12,14H2,1H3,(H2,20,21,22,25). The first-order valence-electron chi connectivity index (χ1n) is 9.59. The van der Waals surface area contributed by atoms with Gasteiger partial charge >= 0.3 is 6.03 Å². The summed E-state index contributed by atoms with van der Waals surface area (Å²) in [6.07, 6.45) is 9.10. The molecule has 1 aromatic heterocycles. The molecule has 0 spiro atoms. The van der Waals surface area contributed by atoms with Crippen molar-refractivity contribution in [3.8, 4) is 0 Å². The third-order valence-electron chi connectivity index (χ3n) is 5.63.